The van der Waals surface area contributed by atoms with Crippen LogP contribution in [-0.2, 0) is 14.3 Å². The van der Waals surface area contributed by atoms with Gasteiger partial charge in [0.2, 0.25) is 0 Å². The fourth-order valence-corrected chi connectivity index (χ4v) is 1.09. The fraction of sp³-hybridized carbons (Fsp3) is 0.667. The van der Waals surface area contributed by atoms with Crippen molar-refractivity contribution in [3.8, 4) is 0 Å². The summed E-state index contributed by atoms with van der Waals surface area (Å²) in [5.41, 5.74) is 0. The molecule has 0 saturated carbocycles. The third-order valence-corrected chi connectivity index (χ3v) is 1.75. The van der Waals surface area contributed by atoms with Gasteiger partial charge in [0.05, 0.1) is 0 Å². The zero-order valence-corrected chi connectivity index (χ0v) is 6.32. The van der Waals surface area contributed by atoms with Crippen molar-refractivity contribution in [1.82, 2.24) is 0 Å². The third-order valence-electron chi connectivity index (χ3n) is 1.75. The highest BCUT2D eigenvalue weighted by molar-refractivity contribution is 5.78. The quantitative estimate of drug-likeness (QED) is 0.386. The first kappa shape index (κ1) is 9.90. The van der Waals surface area contributed by atoms with Crippen molar-refractivity contribution in [1.29, 1.82) is 0 Å². The van der Waals surface area contributed by atoms with Crippen molar-refractivity contribution < 1.29 is 34.8 Å². The van der Waals surface area contributed by atoms with Crippen LogP contribution in [0.25, 0.3) is 0 Å². The molecule has 74 valence electrons. The Morgan fingerprint density at radius 2 is 1.23 bits per heavy atom. The van der Waals surface area contributed by atoms with Crippen LogP contribution in [0, 0.1) is 0 Å². The maximum absolute atomic E-state index is 10.3. The number of aliphatic hydroxyl groups excluding tert-OH is 2. The third kappa shape index (κ3) is 1.62. The Morgan fingerprint density at radius 1 is 0.923 bits per heavy atom. The molecule has 7 nitrogen and oxygen atoms in total. The van der Waals surface area contributed by atoms with Gasteiger partial charge >= 0.3 is 11.9 Å². The number of hydrogen-bond acceptors (Lipinski definition) is 5. The molecule has 1 saturated heterocycles. The van der Waals surface area contributed by atoms with Crippen molar-refractivity contribution in [2.24, 2.45) is 0 Å². The van der Waals surface area contributed by atoms with Crippen molar-refractivity contribution in [3.63, 3.8) is 0 Å². The standard InChI is InChI=1S/C6H8O7/c7-1-2(8)4(6(11)12)13-3(1)5(9)10/h1-4,7-8H,(H,9,10)(H,11,12)/t1-,2-,3-,4-/m0/s1. The molecular weight excluding hydrogens is 184 g/mol. The lowest BCUT2D eigenvalue weighted by Crippen LogP contribution is -2.37. The molecule has 0 bridgehead atoms. The number of rotatable bonds is 2. The van der Waals surface area contributed by atoms with Gasteiger partial charge in [0, 0.05) is 0 Å². The average Bonchev–Trinajstić information content (AvgIpc) is 2.29. The molecule has 1 aliphatic heterocycles. The number of hydrogen-bond donors (Lipinski definition) is 4. The molecular formula is C6H8O7. The first-order valence-electron chi connectivity index (χ1n) is 3.42. The minimum atomic E-state index is -1.71. The van der Waals surface area contributed by atoms with Crippen LogP contribution >= 0.6 is 0 Å². The van der Waals surface area contributed by atoms with E-state index < -0.39 is 36.4 Å². The number of aliphatic hydroxyl groups is 2. The second kappa shape index (κ2) is 3.29. The summed E-state index contributed by atoms with van der Waals surface area (Å²) in [5, 5.41) is 34.9. The number of aliphatic carboxylic acids is 2. The summed E-state index contributed by atoms with van der Waals surface area (Å²) in [4.78, 5) is 20.7. The lowest BCUT2D eigenvalue weighted by molar-refractivity contribution is -0.160. The highest BCUT2D eigenvalue weighted by Crippen LogP contribution is 2.21. The van der Waals surface area contributed by atoms with E-state index in [2.05, 4.69) is 4.74 Å². The first-order valence-corrected chi connectivity index (χ1v) is 3.42. The molecule has 0 aromatic carbocycles. The highest BCUT2D eigenvalue weighted by Gasteiger charge is 2.49. The van der Waals surface area contributed by atoms with E-state index >= 15 is 0 Å². The summed E-state index contributed by atoms with van der Waals surface area (Å²) in [6, 6.07) is 0. The van der Waals surface area contributed by atoms with E-state index in [0.717, 1.165) is 0 Å². The van der Waals surface area contributed by atoms with Gasteiger partial charge in [-0.3, -0.25) is 0 Å². The van der Waals surface area contributed by atoms with Crippen LogP contribution in [0.5, 0.6) is 0 Å². The smallest absolute Gasteiger partial charge is 0.335 e. The van der Waals surface area contributed by atoms with Gasteiger partial charge in [0.15, 0.2) is 12.2 Å². The Kier molecular flexibility index (Phi) is 2.50. The predicted molar refractivity (Wildman–Crippen MR) is 35.9 cm³/mol. The molecule has 0 aliphatic carbocycles. The first-order chi connectivity index (χ1) is 5.95. The van der Waals surface area contributed by atoms with Gasteiger partial charge in [-0.1, -0.05) is 0 Å². The molecule has 1 fully saturated rings. The van der Waals surface area contributed by atoms with Crippen LogP contribution in [0.3, 0.4) is 0 Å². The molecule has 0 aromatic heterocycles. The second-order valence-electron chi connectivity index (χ2n) is 2.63. The number of carboxylic acid groups (broad SMARTS) is 2. The van der Waals surface area contributed by atoms with Gasteiger partial charge in [-0.05, 0) is 0 Å². The molecule has 1 aliphatic rings. The largest absolute Gasteiger partial charge is 0.479 e. The van der Waals surface area contributed by atoms with Crippen LogP contribution in [0.1, 0.15) is 0 Å². The molecule has 0 unspecified atom stereocenters. The van der Waals surface area contributed by atoms with Gasteiger partial charge in [-0.15, -0.1) is 0 Å². The summed E-state index contributed by atoms with van der Waals surface area (Å²) in [6.07, 6.45) is -6.79. The Balaban J connectivity index is 2.78. The van der Waals surface area contributed by atoms with Crippen LogP contribution in [0.2, 0.25) is 0 Å². The summed E-state index contributed by atoms with van der Waals surface area (Å²) >= 11 is 0. The van der Waals surface area contributed by atoms with E-state index in [4.69, 9.17) is 20.4 Å². The monoisotopic (exact) mass is 192 g/mol. The summed E-state index contributed by atoms with van der Waals surface area (Å²) in [6.45, 7) is 0. The van der Waals surface area contributed by atoms with Crippen LogP contribution in [-0.4, -0.2) is 56.8 Å². The van der Waals surface area contributed by atoms with Gasteiger partial charge in [0.1, 0.15) is 12.2 Å². The highest BCUT2D eigenvalue weighted by atomic mass is 16.6. The van der Waals surface area contributed by atoms with Gasteiger partial charge < -0.3 is 25.2 Å². The number of carboxylic acids is 2. The Labute approximate surface area is 72.2 Å². The van der Waals surface area contributed by atoms with Crippen LogP contribution in [0.4, 0.5) is 0 Å². The molecule has 0 amide bonds. The minimum Gasteiger partial charge on any atom is -0.479 e. The zero-order chi connectivity index (χ0) is 10.2. The van der Waals surface area contributed by atoms with Gasteiger partial charge in [-0.25, -0.2) is 9.59 Å². The Hall–Kier alpha value is -1.18. The summed E-state index contributed by atoms with van der Waals surface area (Å²) in [5.74, 6) is -3.01. The second-order valence-corrected chi connectivity index (χ2v) is 2.63. The summed E-state index contributed by atoms with van der Waals surface area (Å²) in [7, 11) is 0. The topological polar surface area (TPSA) is 124 Å². The van der Waals surface area contributed by atoms with Crippen LogP contribution < -0.4 is 0 Å². The number of carbonyl (C=O) groups is 2. The molecule has 7 heteroatoms. The van der Waals surface area contributed by atoms with Gasteiger partial charge in [-0.2, -0.15) is 0 Å². The van der Waals surface area contributed by atoms with E-state index in [1.54, 1.807) is 0 Å². The predicted octanol–water partition coefficient (Wildman–Crippen LogP) is -2.36. The molecule has 1 rings (SSSR count). The minimum absolute atomic E-state index is 1.50. The van der Waals surface area contributed by atoms with E-state index in [1.165, 1.54) is 0 Å². The van der Waals surface area contributed by atoms with Crippen LogP contribution in [0.15, 0.2) is 0 Å². The van der Waals surface area contributed by atoms with Gasteiger partial charge in [0.25, 0.3) is 0 Å². The molecule has 0 radical (unpaired) electrons. The average molecular weight is 192 g/mol. The molecule has 0 spiro atoms. The van der Waals surface area contributed by atoms with Crippen molar-refractivity contribution in [3.05, 3.63) is 0 Å². The molecule has 4 atom stereocenters. The van der Waals surface area contributed by atoms with Crippen molar-refractivity contribution >= 4 is 11.9 Å². The zero-order valence-electron chi connectivity index (χ0n) is 6.32. The number of ether oxygens (including phenoxy) is 1. The van der Waals surface area contributed by atoms with Crippen molar-refractivity contribution in [2.45, 2.75) is 24.4 Å². The fourth-order valence-electron chi connectivity index (χ4n) is 1.09. The maximum Gasteiger partial charge on any atom is 0.335 e. The normalized spacial score (nSPS) is 38.9. The Morgan fingerprint density at radius 3 is 1.38 bits per heavy atom. The molecule has 1 heterocycles. The van der Waals surface area contributed by atoms with Crippen molar-refractivity contribution in [2.75, 3.05) is 0 Å². The molecule has 0 aromatic rings. The lowest BCUT2D eigenvalue weighted by atomic mass is 10.1. The SMILES string of the molecule is O=C(O)[C@H]1O[C@H](C(=O)O)[C@@H](O)[C@@H]1O. The Bertz CT molecular complexity index is 213. The van der Waals surface area contributed by atoms with E-state index in [1.807, 2.05) is 0 Å². The molecule has 4 N–H and O–H groups in total. The van der Waals surface area contributed by atoms with E-state index in [-0.39, 0.29) is 0 Å². The maximum atomic E-state index is 10.3. The molecule has 13 heavy (non-hydrogen) atoms. The van der Waals surface area contributed by atoms with E-state index in [9.17, 15) is 9.59 Å². The van der Waals surface area contributed by atoms with E-state index in [0.29, 0.717) is 0 Å². The lowest BCUT2D eigenvalue weighted by Gasteiger charge is -2.09. The summed E-state index contributed by atoms with van der Waals surface area (Å²) < 4.78 is 4.41.